The Hall–Kier alpha value is -0.870. The topological polar surface area (TPSA) is 46.3 Å². The van der Waals surface area contributed by atoms with Crippen molar-refractivity contribution in [3.05, 3.63) is 22.4 Å². The lowest BCUT2D eigenvalue weighted by atomic mass is 10.3. The maximum absolute atomic E-state index is 11.5. The molecule has 72 valence electrons. The quantitative estimate of drug-likeness (QED) is 0.456. The highest BCUT2D eigenvalue weighted by Crippen LogP contribution is 2.10. The minimum atomic E-state index is -0.0801. The average molecular weight is 198 g/mol. The number of rotatable bonds is 4. The number of nitrogens with two attached hydrogens (primary N) is 1. The molecule has 0 unspecified atom stereocenters. The molecule has 0 aliphatic carbocycles. The molecule has 0 atom stereocenters. The Kier molecular flexibility index (Phi) is 3.92. The van der Waals surface area contributed by atoms with Gasteiger partial charge in [0.05, 0.1) is 4.88 Å². The lowest BCUT2D eigenvalue weighted by Gasteiger charge is -2.14. The van der Waals surface area contributed by atoms with Crippen LogP contribution in [0, 0.1) is 0 Å². The fourth-order valence-corrected chi connectivity index (χ4v) is 1.65. The van der Waals surface area contributed by atoms with Crippen LogP contribution in [0.25, 0.3) is 0 Å². The second-order valence-electron chi connectivity index (χ2n) is 2.83. The summed E-state index contributed by atoms with van der Waals surface area (Å²) in [5.41, 5.74) is 0. The van der Waals surface area contributed by atoms with Gasteiger partial charge in [-0.3, -0.25) is 9.80 Å². The van der Waals surface area contributed by atoms with E-state index in [0.717, 1.165) is 12.8 Å². The van der Waals surface area contributed by atoms with Crippen LogP contribution < -0.4 is 5.84 Å². The van der Waals surface area contributed by atoms with Gasteiger partial charge in [-0.15, -0.1) is 11.3 Å². The summed E-state index contributed by atoms with van der Waals surface area (Å²) in [6.45, 7) is 2.71. The lowest BCUT2D eigenvalue weighted by molar-refractivity contribution is 0.0758. The molecule has 0 aliphatic heterocycles. The van der Waals surface area contributed by atoms with Gasteiger partial charge < -0.3 is 0 Å². The van der Waals surface area contributed by atoms with Crippen molar-refractivity contribution < 1.29 is 4.79 Å². The van der Waals surface area contributed by atoms with Crippen LogP contribution in [0.3, 0.4) is 0 Å². The molecule has 0 saturated carbocycles. The van der Waals surface area contributed by atoms with Gasteiger partial charge >= 0.3 is 0 Å². The van der Waals surface area contributed by atoms with E-state index >= 15 is 0 Å². The zero-order chi connectivity index (χ0) is 9.68. The monoisotopic (exact) mass is 198 g/mol. The zero-order valence-corrected chi connectivity index (χ0v) is 8.51. The van der Waals surface area contributed by atoms with Crippen LogP contribution >= 0.6 is 11.3 Å². The van der Waals surface area contributed by atoms with Crippen LogP contribution in [0.15, 0.2) is 17.5 Å². The van der Waals surface area contributed by atoms with Gasteiger partial charge in [-0.25, -0.2) is 5.84 Å². The zero-order valence-electron chi connectivity index (χ0n) is 7.69. The molecule has 0 saturated heterocycles. The summed E-state index contributed by atoms with van der Waals surface area (Å²) in [7, 11) is 0. The van der Waals surface area contributed by atoms with Crippen LogP contribution in [-0.4, -0.2) is 17.5 Å². The second kappa shape index (κ2) is 4.99. The van der Waals surface area contributed by atoms with E-state index in [2.05, 4.69) is 6.92 Å². The second-order valence-corrected chi connectivity index (χ2v) is 3.78. The van der Waals surface area contributed by atoms with Gasteiger partial charge in [0.2, 0.25) is 0 Å². The van der Waals surface area contributed by atoms with Gasteiger partial charge in [0, 0.05) is 6.54 Å². The van der Waals surface area contributed by atoms with Gasteiger partial charge in [-0.2, -0.15) is 0 Å². The number of hydrogen-bond donors (Lipinski definition) is 1. The molecule has 13 heavy (non-hydrogen) atoms. The maximum atomic E-state index is 11.5. The van der Waals surface area contributed by atoms with Crippen LogP contribution in [0.2, 0.25) is 0 Å². The molecule has 2 N–H and O–H groups in total. The summed E-state index contributed by atoms with van der Waals surface area (Å²) >= 11 is 1.42. The first-order valence-electron chi connectivity index (χ1n) is 4.35. The number of hydrazine groups is 1. The van der Waals surface area contributed by atoms with Crippen molar-refractivity contribution >= 4 is 17.2 Å². The van der Waals surface area contributed by atoms with Crippen molar-refractivity contribution in [3.8, 4) is 0 Å². The first kappa shape index (κ1) is 10.2. The Morgan fingerprint density at radius 3 is 3.00 bits per heavy atom. The van der Waals surface area contributed by atoms with Crippen LogP contribution in [0.1, 0.15) is 29.4 Å². The molecule has 0 fully saturated rings. The van der Waals surface area contributed by atoms with E-state index in [0.29, 0.717) is 11.4 Å². The minimum absolute atomic E-state index is 0.0801. The van der Waals surface area contributed by atoms with Gasteiger partial charge in [0.1, 0.15) is 0 Å². The van der Waals surface area contributed by atoms with Gasteiger partial charge in [-0.05, 0) is 17.9 Å². The standard InChI is InChI=1S/C9H14N2OS/c1-2-3-6-11(10)9(12)8-5-4-7-13-8/h4-5,7H,2-3,6,10H2,1H3. The Balaban J connectivity index is 2.48. The molecule has 1 heterocycles. The Labute approximate surface area is 82.1 Å². The number of unbranched alkanes of at least 4 members (excludes halogenated alkanes) is 1. The summed E-state index contributed by atoms with van der Waals surface area (Å²) in [6, 6.07) is 3.64. The highest BCUT2D eigenvalue weighted by atomic mass is 32.1. The summed E-state index contributed by atoms with van der Waals surface area (Å²) in [6.07, 6.45) is 2.00. The van der Waals surface area contributed by atoms with E-state index in [9.17, 15) is 4.79 Å². The molecule has 3 nitrogen and oxygen atoms in total. The maximum Gasteiger partial charge on any atom is 0.277 e. The molecule has 0 radical (unpaired) electrons. The molecular formula is C9H14N2OS. The molecular weight excluding hydrogens is 184 g/mol. The Morgan fingerprint density at radius 1 is 1.69 bits per heavy atom. The van der Waals surface area contributed by atoms with E-state index < -0.39 is 0 Å². The van der Waals surface area contributed by atoms with Crippen LogP contribution in [0.4, 0.5) is 0 Å². The van der Waals surface area contributed by atoms with Crippen molar-refractivity contribution in [3.63, 3.8) is 0 Å². The predicted octanol–water partition coefficient (Wildman–Crippen LogP) is 1.86. The van der Waals surface area contributed by atoms with E-state index in [4.69, 9.17) is 5.84 Å². The molecule has 1 aromatic heterocycles. The van der Waals surface area contributed by atoms with Gasteiger partial charge in [-0.1, -0.05) is 19.4 Å². The number of nitrogens with zero attached hydrogens (tertiary/aromatic N) is 1. The molecule has 1 amide bonds. The number of amides is 1. The summed E-state index contributed by atoms with van der Waals surface area (Å²) in [5, 5.41) is 3.16. The summed E-state index contributed by atoms with van der Waals surface area (Å²) in [4.78, 5) is 12.2. The molecule has 1 rings (SSSR count). The molecule has 4 heteroatoms. The van der Waals surface area contributed by atoms with Crippen molar-refractivity contribution in [1.82, 2.24) is 5.01 Å². The van der Waals surface area contributed by atoms with Crippen LogP contribution in [0.5, 0.6) is 0 Å². The molecule has 0 bridgehead atoms. The minimum Gasteiger partial charge on any atom is -0.276 e. The number of carbonyl (C=O) groups excluding carboxylic acids is 1. The Bertz CT molecular complexity index is 259. The number of hydrogen-bond acceptors (Lipinski definition) is 3. The molecule has 0 aromatic carbocycles. The fraction of sp³-hybridized carbons (Fsp3) is 0.444. The number of carbonyl (C=O) groups is 1. The lowest BCUT2D eigenvalue weighted by Crippen LogP contribution is -2.37. The van der Waals surface area contributed by atoms with Crippen LogP contribution in [-0.2, 0) is 0 Å². The van der Waals surface area contributed by atoms with Gasteiger partial charge in [0.25, 0.3) is 5.91 Å². The summed E-state index contributed by atoms with van der Waals surface area (Å²) < 4.78 is 0. The third kappa shape index (κ3) is 2.82. The molecule has 0 aliphatic rings. The summed E-state index contributed by atoms with van der Waals surface area (Å²) in [5.74, 6) is 5.50. The van der Waals surface area contributed by atoms with E-state index in [1.807, 2.05) is 11.4 Å². The van der Waals surface area contributed by atoms with E-state index in [-0.39, 0.29) is 5.91 Å². The van der Waals surface area contributed by atoms with Gasteiger partial charge in [0.15, 0.2) is 0 Å². The van der Waals surface area contributed by atoms with Crippen molar-refractivity contribution in [2.45, 2.75) is 19.8 Å². The predicted molar refractivity (Wildman–Crippen MR) is 54.5 cm³/mol. The highest BCUT2D eigenvalue weighted by molar-refractivity contribution is 7.12. The largest absolute Gasteiger partial charge is 0.277 e. The highest BCUT2D eigenvalue weighted by Gasteiger charge is 2.11. The Morgan fingerprint density at radius 2 is 2.46 bits per heavy atom. The first-order chi connectivity index (χ1) is 6.25. The number of thiophene rings is 1. The van der Waals surface area contributed by atoms with Crippen molar-refractivity contribution in [2.24, 2.45) is 5.84 Å². The average Bonchev–Trinajstić information content (AvgIpc) is 2.65. The molecule has 0 spiro atoms. The third-order valence-corrected chi connectivity index (χ3v) is 2.60. The smallest absolute Gasteiger partial charge is 0.276 e. The third-order valence-electron chi connectivity index (χ3n) is 1.75. The fourth-order valence-electron chi connectivity index (χ4n) is 0.972. The SMILES string of the molecule is CCCCN(N)C(=O)c1cccs1. The first-order valence-corrected chi connectivity index (χ1v) is 5.23. The molecule has 1 aromatic rings. The normalized spacial score (nSPS) is 10.0. The van der Waals surface area contributed by atoms with E-state index in [1.54, 1.807) is 6.07 Å². The van der Waals surface area contributed by atoms with Crippen molar-refractivity contribution in [2.75, 3.05) is 6.54 Å². The van der Waals surface area contributed by atoms with E-state index in [1.165, 1.54) is 16.3 Å². The van der Waals surface area contributed by atoms with Crippen molar-refractivity contribution in [1.29, 1.82) is 0 Å².